The van der Waals surface area contributed by atoms with Crippen LogP contribution in [-0.4, -0.2) is 19.9 Å². The fraction of sp³-hybridized carbons (Fsp3) is 0.100. The van der Waals surface area contributed by atoms with Crippen LogP contribution in [0.4, 0.5) is 11.5 Å². The molecule has 3 aromatic heterocycles. The van der Waals surface area contributed by atoms with E-state index in [2.05, 4.69) is 25.3 Å². The van der Waals surface area contributed by atoms with E-state index in [1.165, 1.54) is 12.6 Å². The molecule has 146 valence electrons. The molecule has 29 heavy (non-hydrogen) atoms. The van der Waals surface area contributed by atoms with Gasteiger partial charge in [0.25, 0.3) is 0 Å². The first-order valence-electron chi connectivity index (χ1n) is 8.77. The smallest absolute Gasteiger partial charge is 0.231 e. The van der Waals surface area contributed by atoms with Gasteiger partial charge in [-0.1, -0.05) is 17.7 Å². The number of hydrogen-bond acceptors (Lipinski definition) is 8. The second kappa shape index (κ2) is 8.68. The normalized spacial score (nSPS) is 10.7. The molecule has 0 aliphatic rings. The zero-order chi connectivity index (χ0) is 20.1. The molecule has 0 bridgehead atoms. The van der Waals surface area contributed by atoms with Crippen LogP contribution in [0.25, 0.3) is 11.5 Å². The van der Waals surface area contributed by atoms with Crippen LogP contribution < -0.4 is 15.8 Å². The van der Waals surface area contributed by atoms with Gasteiger partial charge < -0.3 is 20.2 Å². The lowest BCUT2D eigenvalue weighted by Gasteiger charge is -2.11. The second-order valence-electron chi connectivity index (χ2n) is 6.01. The molecule has 8 nitrogen and oxygen atoms in total. The maximum atomic E-state index is 6.38. The number of halogens is 1. The van der Waals surface area contributed by atoms with Gasteiger partial charge in [-0.3, -0.25) is 4.98 Å². The van der Waals surface area contributed by atoms with Gasteiger partial charge >= 0.3 is 0 Å². The third kappa shape index (κ3) is 4.50. The average molecular weight is 409 g/mol. The molecule has 0 saturated carbocycles. The van der Waals surface area contributed by atoms with Gasteiger partial charge in [0.2, 0.25) is 5.89 Å². The molecule has 3 heterocycles. The number of ether oxygens (including phenoxy) is 1. The number of nitrogens with two attached hydrogens (primary N) is 1. The van der Waals surface area contributed by atoms with Crippen molar-refractivity contribution in [3.63, 3.8) is 0 Å². The van der Waals surface area contributed by atoms with E-state index >= 15 is 0 Å². The van der Waals surface area contributed by atoms with Gasteiger partial charge in [-0.2, -0.15) is 0 Å². The Kier molecular flexibility index (Phi) is 5.64. The first-order chi connectivity index (χ1) is 14.2. The van der Waals surface area contributed by atoms with Crippen LogP contribution >= 0.6 is 11.6 Å². The Labute approximate surface area is 171 Å². The molecule has 0 atom stereocenters. The van der Waals surface area contributed by atoms with E-state index in [9.17, 15) is 0 Å². The largest absolute Gasteiger partial charge is 0.486 e. The fourth-order valence-electron chi connectivity index (χ4n) is 2.58. The Bertz CT molecular complexity index is 1100. The van der Waals surface area contributed by atoms with Crippen molar-refractivity contribution in [2.45, 2.75) is 13.2 Å². The summed E-state index contributed by atoms with van der Waals surface area (Å²) in [5.74, 6) is 1.48. The number of nitrogens with one attached hydrogen (secondary N) is 1. The van der Waals surface area contributed by atoms with E-state index in [-0.39, 0.29) is 6.54 Å². The van der Waals surface area contributed by atoms with Crippen molar-refractivity contribution in [2.75, 3.05) is 5.32 Å². The van der Waals surface area contributed by atoms with Crippen LogP contribution in [0.2, 0.25) is 5.02 Å². The Balaban J connectivity index is 1.51. The van der Waals surface area contributed by atoms with Crippen LogP contribution in [-0.2, 0) is 13.2 Å². The van der Waals surface area contributed by atoms with Gasteiger partial charge in [-0.25, -0.2) is 15.0 Å². The van der Waals surface area contributed by atoms with Gasteiger partial charge in [0.15, 0.2) is 0 Å². The number of benzene rings is 1. The van der Waals surface area contributed by atoms with Crippen molar-refractivity contribution in [1.29, 1.82) is 0 Å². The maximum Gasteiger partial charge on any atom is 0.231 e. The van der Waals surface area contributed by atoms with E-state index < -0.39 is 0 Å². The number of anilines is 2. The van der Waals surface area contributed by atoms with Crippen LogP contribution in [0.1, 0.15) is 11.4 Å². The summed E-state index contributed by atoms with van der Waals surface area (Å²) >= 11 is 6.38. The van der Waals surface area contributed by atoms with Gasteiger partial charge in [-0.05, 0) is 30.3 Å². The summed E-state index contributed by atoms with van der Waals surface area (Å²) in [7, 11) is 0. The molecule has 0 aliphatic carbocycles. The predicted octanol–water partition coefficient (Wildman–Crippen LogP) is 3.96. The van der Waals surface area contributed by atoms with Crippen LogP contribution in [0.3, 0.4) is 0 Å². The highest BCUT2D eigenvalue weighted by atomic mass is 35.5. The maximum absolute atomic E-state index is 6.38. The highest BCUT2D eigenvalue weighted by Crippen LogP contribution is 2.32. The van der Waals surface area contributed by atoms with E-state index in [1.807, 2.05) is 24.3 Å². The Morgan fingerprint density at radius 3 is 2.83 bits per heavy atom. The Morgan fingerprint density at radius 1 is 1.14 bits per heavy atom. The number of oxazole rings is 1. The molecule has 0 spiro atoms. The molecule has 1 aromatic carbocycles. The summed E-state index contributed by atoms with van der Waals surface area (Å²) < 4.78 is 11.2. The summed E-state index contributed by atoms with van der Waals surface area (Å²) in [6.07, 6.45) is 6.28. The molecule has 0 radical (unpaired) electrons. The van der Waals surface area contributed by atoms with Gasteiger partial charge in [-0.15, -0.1) is 0 Å². The standard InChI is InChI=1S/C20H17ClN6O2/c21-17-7-13(4-5-18(17)28-10-14-3-1-2-6-24-14)26-19-16(9-23-12-25-19)20-27-15(8-22)11-29-20/h1-7,9,11-12H,8,10,22H2,(H,23,25,26). The average Bonchev–Trinajstić information content (AvgIpc) is 3.23. The van der Waals surface area contributed by atoms with Crippen molar-refractivity contribution in [2.24, 2.45) is 5.73 Å². The fourth-order valence-corrected chi connectivity index (χ4v) is 2.81. The topological polar surface area (TPSA) is 112 Å². The zero-order valence-corrected chi connectivity index (χ0v) is 16.0. The molecule has 0 aliphatic heterocycles. The van der Waals surface area contributed by atoms with Gasteiger partial charge in [0.1, 0.15) is 30.8 Å². The molecular weight excluding hydrogens is 392 g/mol. The predicted molar refractivity (Wildman–Crippen MR) is 109 cm³/mol. The molecule has 0 amide bonds. The van der Waals surface area contributed by atoms with Crippen molar-refractivity contribution in [3.05, 3.63) is 77.8 Å². The van der Waals surface area contributed by atoms with Crippen molar-refractivity contribution in [1.82, 2.24) is 19.9 Å². The molecule has 0 unspecified atom stereocenters. The summed E-state index contributed by atoms with van der Waals surface area (Å²) in [5.41, 5.74) is 8.40. The third-order valence-corrected chi connectivity index (χ3v) is 4.30. The zero-order valence-electron chi connectivity index (χ0n) is 15.2. The SMILES string of the molecule is NCc1coc(-c2cncnc2Nc2ccc(OCc3ccccn3)c(Cl)c2)n1. The third-order valence-electron chi connectivity index (χ3n) is 4.00. The number of pyridine rings is 1. The first-order valence-corrected chi connectivity index (χ1v) is 9.15. The Morgan fingerprint density at radius 2 is 2.07 bits per heavy atom. The molecule has 3 N–H and O–H groups in total. The van der Waals surface area contributed by atoms with E-state index in [4.69, 9.17) is 26.5 Å². The molecular formula is C20H17ClN6O2. The summed E-state index contributed by atoms with van der Waals surface area (Å²) in [6.45, 7) is 0.618. The van der Waals surface area contributed by atoms with Crippen LogP contribution in [0, 0.1) is 0 Å². The monoisotopic (exact) mass is 408 g/mol. The van der Waals surface area contributed by atoms with Crippen molar-refractivity contribution >= 4 is 23.1 Å². The van der Waals surface area contributed by atoms with E-state index in [1.54, 1.807) is 24.5 Å². The van der Waals surface area contributed by atoms with Gasteiger partial charge in [0.05, 0.1) is 22.0 Å². The molecule has 4 aromatic rings. The van der Waals surface area contributed by atoms with E-state index in [0.29, 0.717) is 40.3 Å². The van der Waals surface area contributed by atoms with Gasteiger partial charge in [0, 0.05) is 24.6 Å². The molecule has 0 fully saturated rings. The van der Waals surface area contributed by atoms with Crippen LogP contribution in [0.15, 0.2) is 65.8 Å². The highest BCUT2D eigenvalue weighted by Gasteiger charge is 2.14. The quantitative estimate of drug-likeness (QED) is 0.472. The lowest BCUT2D eigenvalue weighted by Crippen LogP contribution is -2.00. The van der Waals surface area contributed by atoms with Crippen molar-refractivity contribution < 1.29 is 9.15 Å². The number of rotatable bonds is 7. The minimum absolute atomic E-state index is 0.287. The van der Waals surface area contributed by atoms with Crippen LogP contribution in [0.5, 0.6) is 5.75 Å². The Hall–Kier alpha value is -3.49. The number of hydrogen-bond donors (Lipinski definition) is 2. The summed E-state index contributed by atoms with van der Waals surface area (Å²) in [4.78, 5) is 16.9. The first kappa shape index (κ1) is 18.9. The van der Waals surface area contributed by atoms with Crippen molar-refractivity contribution in [3.8, 4) is 17.2 Å². The molecule has 4 rings (SSSR count). The minimum Gasteiger partial charge on any atom is -0.486 e. The minimum atomic E-state index is 0.287. The van der Waals surface area contributed by atoms with E-state index in [0.717, 1.165) is 11.4 Å². The number of nitrogens with zero attached hydrogens (tertiary/aromatic N) is 4. The lowest BCUT2D eigenvalue weighted by atomic mass is 10.2. The highest BCUT2D eigenvalue weighted by molar-refractivity contribution is 6.32. The molecule has 9 heteroatoms. The molecule has 0 saturated heterocycles. The summed E-state index contributed by atoms with van der Waals surface area (Å²) in [6, 6.07) is 11.0. The summed E-state index contributed by atoms with van der Waals surface area (Å²) in [5, 5.41) is 3.67. The number of aromatic nitrogens is 4. The lowest BCUT2D eigenvalue weighted by molar-refractivity contribution is 0.301. The second-order valence-corrected chi connectivity index (χ2v) is 6.42.